The topological polar surface area (TPSA) is 46.5 Å². The van der Waals surface area contributed by atoms with Crippen molar-refractivity contribution in [3.05, 3.63) is 89.3 Å². The summed E-state index contributed by atoms with van der Waals surface area (Å²) in [6.45, 7) is 9.21. The molecule has 35 heavy (non-hydrogen) atoms. The summed E-state index contributed by atoms with van der Waals surface area (Å²) in [5.41, 5.74) is 6.41. The van der Waals surface area contributed by atoms with E-state index in [1.54, 1.807) is 12.1 Å². The molecule has 0 aromatic heterocycles. The summed E-state index contributed by atoms with van der Waals surface area (Å²) in [7, 11) is 0. The number of carbonyl (C=O) groups is 1. The number of rotatable bonds is 11. The smallest absolute Gasteiger partial charge is 0.338 e. The average molecular weight is 475 g/mol. The number of carbonyl (C=O) groups excluding carboxylic acids is 1. The van der Waals surface area contributed by atoms with Gasteiger partial charge in [-0.25, -0.2) is 9.18 Å². The molecule has 0 saturated carbocycles. The average Bonchev–Trinajstić information content (AvgIpc) is 2.86. The summed E-state index contributed by atoms with van der Waals surface area (Å²) in [4.78, 5) is 12.1. The Morgan fingerprint density at radius 3 is 2.23 bits per heavy atom. The first-order chi connectivity index (χ1) is 16.9. The second-order valence-electron chi connectivity index (χ2n) is 8.94. The normalized spacial score (nSPS) is 10.9. The van der Waals surface area contributed by atoms with E-state index in [1.165, 1.54) is 31.7 Å². The minimum atomic E-state index is -0.692. The lowest BCUT2D eigenvalue weighted by atomic mass is 9.92. The van der Waals surface area contributed by atoms with Crippen LogP contribution in [0.4, 0.5) is 4.39 Å². The number of benzene rings is 3. The highest BCUT2D eigenvalue weighted by Gasteiger charge is 2.20. The van der Waals surface area contributed by atoms with Crippen LogP contribution in [0.25, 0.3) is 22.3 Å². The second kappa shape index (κ2) is 12.5. The van der Waals surface area contributed by atoms with Gasteiger partial charge in [-0.2, -0.15) is 0 Å². The maximum absolute atomic E-state index is 15.6. The van der Waals surface area contributed by atoms with E-state index in [4.69, 9.17) is 4.74 Å². The van der Waals surface area contributed by atoms with Crippen LogP contribution in [0.1, 0.15) is 56.7 Å². The van der Waals surface area contributed by atoms with Gasteiger partial charge >= 0.3 is 5.97 Å². The number of aryl methyl sites for hydroxylation is 2. The molecule has 0 unspecified atom stereocenters. The number of hydrogen-bond donors (Lipinski definition) is 1. The molecule has 0 bridgehead atoms. The maximum Gasteiger partial charge on any atom is 0.338 e. The largest absolute Gasteiger partial charge is 0.420 e. The van der Waals surface area contributed by atoms with E-state index in [0.717, 1.165) is 29.5 Å². The molecule has 3 nitrogen and oxygen atoms in total. The van der Waals surface area contributed by atoms with Crippen LogP contribution in [0.5, 0.6) is 5.75 Å². The van der Waals surface area contributed by atoms with Crippen molar-refractivity contribution in [3.63, 3.8) is 0 Å². The van der Waals surface area contributed by atoms with Gasteiger partial charge in [0.05, 0.1) is 0 Å². The highest BCUT2D eigenvalue weighted by atomic mass is 19.1. The zero-order valence-corrected chi connectivity index (χ0v) is 21.0. The summed E-state index contributed by atoms with van der Waals surface area (Å²) < 4.78 is 20.9. The van der Waals surface area contributed by atoms with Crippen LogP contribution < -0.4 is 4.74 Å². The van der Waals surface area contributed by atoms with Gasteiger partial charge in [0.25, 0.3) is 0 Å². The van der Waals surface area contributed by atoms with Crippen molar-refractivity contribution in [2.75, 3.05) is 6.61 Å². The van der Waals surface area contributed by atoms with Gasteiger partial charge in [-0.1, -0.05) is 87.9 Å². The Bertz CT molecular complexity index is 1180. The van der Waals surface area contributed by atoms with E-state index in [0.29, 0.717) is 16.7 Å². The fraction of sp³-hybridized carbons (Fsp3) is 0.323. The Morgan fingerprint density at radius 2 is 1.60 bits per heavy atom. The van der Waals surface area contributed by atoms with Crippen LogP contribution in [0.2, 0.25) is 0 Å². The van der Waals surface area contributed by atoms with Gasteiger partial charge in [0.15, 0.2) is 11.6 Å². The molecule has 0 aliphatic carbocycles. The third-order valence-corrected chi connectivity index (χ3v) is 6.23. The lowest BCUT2D eigenvalue weighted by Gasteiger charge is -2.16. The lowest BCUT2D eigenvalue weighted by molar-refractivity contribution is -0.130. The van der Waals surface area contributed by atoms with Crippen molar-refractivity contribution in [2.24, 2.45) is 0 Å². The van der Waals surface area contributed by atoms with Crippen LogP contribution in [-0.4, -0.2) is 17.7 Å². The molecule has 3 aromatic rings. The third-order valence-electron chi connectivity index (χ3n) is 6.23. The molecule has 0 amide bonds. The van der Waals surface area contributed by atoms with Crippen molar-refractivity contribution in [2.45, 2.75) is 59.3 Å². The van der Waals surface area contributed by atoms with Crippen molar-refractivity contribution in [1.29, 1.82) is 0 Å². The molecule has 0 heterocycles. The van der Waals surface area contributed by atoms with Crippen molar-refractivity contribution in [1.82, 2.24) is 0 Å². The highest BCUT2D eigenvalue weighted by molar-refractivity contribution is 5.89. The lowest BCUT2D eigenvalue weighted by Crippen LogP contribution is -2.12. The van der Waals surface area contributed by atoms with Crippen molar-refractivity contribution < 1.29 is 19.0 Å². The van der Waals surface area contributed by atoms with Crippen LogP contribution in [0.15, 0.2) is 66.7 Å². The first-order valence-electron chi connectivity index (χ1n) is 12.4. The summed E-state index contributed by atoms with van der Waals surface area (Å²) in [5.74, 6) is -1.45. The van der Waals surface area contributed by atoms with E-state index < -0.39 is 11.8 Å². The molecular formula is C31H35FO3. The number of unbranched alkanes of at least 4 members (excludes halogenated alkanes) is 2. The molecule has 0 atom stereocenters. The van der Waals surface area contributed by atoms with Gasteiger partial charge < -0.3 is 9.84 Å². The predicted molar refractivity (Wildman–Crippen MR) is 141 cm³/mol. The summed E-state index contributed by atoms with van der Waals surface area (Å²) in [5, 5.41) is 9.36. The van der Waals surface area contributed by atoms with Gasteiger partial charge in [0.1, 0.15) is 0 Å². The molecule has 3 aromatic carbocycles. The van der Waals surface area contributed by atoms with Crippen molar-refractivity contribution >= 4 is 5.97 Å². The van der Waals surface area contributed by atoms with Crippen LogP contribution in [-0.2, 0) is 24.1 Å². The molecule has 1 N–H and O–H groups in total. The summed E-state index contributed by atoms with van der Waals surface area (Å²) in [6, 6.07) is 18.0. The number of hydrogen-bond acceptors (Lipinski definition) is 3. The van der Waals surface area contributed by atoms with E-state index in [2.05, 4.69) is 44.7 Å². The van der Waals surface area contributed by atoms with Gasteiger partial charge in [0.2, 0.25) is 0 Å². The number of esters is 1. The van der Waals surface area contributed by atoms with Gasteiger partial charge in [-0.15, -0.1) is 0 Å². The quantitative estimate of drug-likeness (QED) is 0.136. The molecule has 0 saturated heterocycles. The number of aliphatic hydroxyl groups is 1. The number of halogens is 1. The Kier molecular flexibility index (Phi) is 9.39. The van der Waals surface area contributed by atoms with Gasteiger partial charge in [0, 0.05) is 23.3 Å². The Balaban J connectivity index is 1.96. The number of ether oxygens (including phenoxy) is 1. The zero-order chi connectivity index (χ0) is 25.4. The molecule has 0 spiro atoms. The maximum atomic E-state index is 15.6. The predicted octanol–water partition coefficient (Wildman–Crippen LogP) is 7.47. The van der Waals surface area contributed by atoms with E-state index in [1.807, 2.05) is 18.2 Å². The molecule has 0 fully saturated rings. The number of aliphatic hydroxyl groups excluding tert-OH is 1. The monoisotopic (exact) mass is 474 g/mol. The third kappa shape index (κ3) is 6.46. The molecule has 4 heteroatoms. The fourth-order valence-corrected chi connectivity index (χ4v) is 4.19. The first-order valence-corrected chi connectivity index (χ1v) is 12.4. The van der Waals surface area contributed by atoms with Gasteiger partial charge in [-0.3, -0.25) is 0 Å². The fourth-order valence-electron chi connectivity index (χ4n) is 4.19. The standard InChI is InChI=1S/C31H35FO3/c1-5-7-8-9-22-10-12-24(13-11-22)27-16-15-26(20-23(27)6-2)28-17-14-25(18-19-33)30(29(28)32)35-31(34)21(3)4/h10-17,20,33H,3,5-9,18-19H2,1-2,4H3. The molecule has 0 radical (unpaired) electrons. The summed E-state index contributed by atoms with van der Waals surface area (Å²) >= 11 is 0. The zero-order valence-electron chi connectivity index (χ0n) is 21.0. The molecule has 184 valence electrons. The Labute approximate surface area is 208 Å². The molecular weight excluding hydrogens is 439 g/mol. The van der Waals surface area contributed by atoms with Crippen LogP contribution >= 0.6 is 0 Å². The van der Waals surface area contributed by atoms with E-state index >= 15 is 4.39 Å². The Hall–Kier alpha value is -3.24. The van der Waals surface area contributed by atoms with Crippen molar-refractivity contribution in [3.8, 4) is 28.0 Å². The van der Waals surface area contributed by atoms with E-state index in [9.17, 15) is 9.90 Å². The molecule has 0 aliphatic rings. The second-order valence-corrected chi connectivity index (χ2v) is 8.94. The minimum absolute atomic E-state index is 0.148. The highest BCUT2D eigenvalue weighted by Crippen LogP contribution is 2.36. The first kappa shape index (κ1) is 26.4. The van der Waals surface area contributed by atoms with Crippen LogP contribution in [0, 0.1) is 5.82 Å². The minimum Gasteiger partial charge on any atom is -0.420 e. The van der Waals surface area contributed by atoms with Gasteiger partial charge in [-0.05, 0) is 60.4 Å². The van der Waals surface area contributed by atoms with Crippen LogP contribution in [0.3, 0.4) is 0 Å². The molecule has 3 rings (SSSR count). The summed E-state index contributed by atoms with van der Waals surface area (Å²) in [6.07, 6.45) is 5.74. The SMILES string of the molecule is C=C(C)C(=O)Oc1c(CCO)ccc(-c2ccc(-c3ccc(CCCCC)cc3)c(CC)c2)c1F. The van der Waals surface area contributed by atoms with E-state index in [-0.39, 0.29) is 24.4 Å². The Morgan fingerprint density at radius 1 is 0.914 bits per heavy atom. The molecule has 0 aliphatic heterocycles.